The lowest BCUT2D eigenvalue weighted by Gasteiger charge is -2.09. The lowest BCUT2D eigenvalue weighted by atomic mass is 10.1. The van der Waals surface area contributed by atoms with E-state index in [1.807, 2.05) is 43.3 Å². The van der Waals surface area contributed by atoms with Crippen LogP contribution in [0.25, 0.3) is 11.3 Å². The number of alkyl halides is 3. The van der Waals surface area contributed by atoms with Crippen LogP contribution in [0.4, 0.5) is 13.2 Å². The minimum atomic E-state index is -4.33. The summed E-state index contributed by atoms with van der Waals surface area (Å²) in [7, 11) is 0. The van der Waals surface area contributed by atoms with Gasteiger partial charge in [-0.15, -0.1) is 0 Å². The Balaban J connectivity index is 1.79. The maximum atomic E-state index is 12.8. The molecule has 1 heterocycles. The average Bonchev–Trinajstić information content (AvgIpc) is 2.60. The maximum Gasteiger partial charge on any atom is 0.416 e. The Morgan fingerprint density at radius 1 is 0.920 bits per heavy atom. The van der Waals surface area contributed by atoms with Crippen LogP contribution in [-0.4, -0.2) is 9.97 Å². The van der Waals surface area contributed by atoms with Crippen molar-refractivity contribution < 1.29 is 13.2 Å². The van der Waals surface area contributed by atoms with Crippen molar-refractivity contribution in [1.29, 1.82) is 0 Å². The van der Waals surface area contributed by atoms with Crippen LogP contribution in [0, 0.1) is 6.92 Å². The number of halogens is 3. The fourth-order valence-electron chi connectivity index (χ4n) is 2.35. The van der Waals surface area contributed by atoms with Crippen LogP contribution in [0.15, 0.2) is 65.8 Å². The first kappa shape index (κ1) is 17.5. The molecule has 0 bridgehead atoms. The molecule has 3 rings (SSSR count). The highest BCUT2D eigenvalue weighted by Gasteiger charge is 2.30. The predicted molar refractivity (Wildman–Crippen MR) is 93.2 cm³/mol. The molecule has 6 heteroatoms. The Morgan fingerprint density at radius 3 is 2.40 bits per heavy atom. The molecule has 0 aliphatic carbocycles. The highest BCUT2D eigenvalue weighted by Crippen LogP contribution is 2.31. The van der Waals surface area contributed by atoms with Gasteiger partial charge in [0.15, 0.2) is 5.16 Å². The summed E-state index contributed by atoms with van der Waals surface area (Å²) < 4.78 is 38.4. The van der Waals surface area contributed by atoms with E-state index in [9.17, 15) is 13.2 Å². The van der Waals surface area contributed by atoms with Crippen LogP contribution in [0.1, 0.15) is 16.8 Å². The van der Waals surface area contributed by atoms with Crippen LogP contribution >= 0.6 is 11.8 Å². The van der Waals surface area contributed by atoms with E-state index in [1.54, 1.807) is 6.07 Å². The van der Waals surface area contributed by atoms with Gasteiger partial charge in [-0.1, -0.05) is 60.3 Å². The average molecular weight is 360 g/mol. The van der Waals surface area contributed by atoms with Crippen LogP contribution in [0.3, 0.4) is 0 Å². The Labute approximate surface area is 148 Å². The van der Waals surface area contributed by atoms with Gasteiger partial charge in [0.25, 0.3) is 0 Å². The molecule has 128 valence electrons. The van der Waals surface area contributed by atoms with Gasteiger partial charge in [-0.3, -0.25) is 0 Å². The number of benzene rings is 2. The zero-order valence-electron chi connectivity index (χ0n) is 13.4. The number of aromatic nitrogens is 2. The monoisotopic (exact) mass is 360 g/mol. The van der Waals surface area contributed by atoms with E-state index in [0.717, 1.165) is 23.0 Å². The second kappa shape index (κ2) is 7.27. The fourth-order valence-corrected chi connectivity index (χ4v) is 3.19. The Bertz CT molecular complexity index is 864. The topological polar surface area (TPSA) is 25.8 Å². The summed E-state index contributed by atoms with van der Waals surface area (Å²) >= 11 is 1.33. The van der Waals surface area contributed by atoms with Gasteiger partial charge in [0.05, 0.1) is 11.3 Å². The van der Waals surface area contributed by atoms with Gasteiger partial charge in [-0.05, 0) is 24.6 Å². The maximum absolute atomic E-state index is 12.8. The summed E-state index contributed by atoms with van der Waals surface area (Å²) in [4.78, 5) is 8.89. The molecule has 0 aliphatic heterocycles. The van der Waals surface area contributed by atoms with Gasteiger partial charge in [0.2, 0.25) is 0 Å². The van der Waals surface area contributed by atoms with Crippen molar-refractivity contribution in [3.8, 4) is 11.3 Å². The van der Waals surface area contributed by atoms with Crippen molar-refractivity contribution in [2.75, 3.05) is 0 Å². The van der Waals surface area contributed by atoms with Crippen molar-refractivity contribution in [3.05, 3.63) is 77.5 Å². The largest absolute Gasteiger partial charge is 0.416 e. The molecule has 0 unspecified atom stereocenters. The lowest BCUT2D eigenvalue weighted by Crippen LogP contribution is -2.05. The van der Waals surface area contributed by atoms with Crippen molar-refractivity contribution >= 4 is 11.8 Å². The summed E-state index contributed by atoms with van der Waals surface area (Å²) in [6.45, 7) is 1.88. The van der Waals surface area contributed by atoms with Crippen LogP contribution < -0.4 is 0 Å². The number of rotatable bonds is 4. The Morgan fingerprint density at radius 2 is 1.68 bits per heavy atom. The first-order valence-electron chi connectivity index (χ1n) is 7.62. The van der Waals surface area contributed by atoms with Crippen LogP contribution in [0.2, 0.25) is 0 Å². The van der Waals surface area contributed by atoms with Gasteiger partial charge < -0.3 is 0 Å². The van der Waals surface area contributed by atoms with Gasteiger partial charge in [0.1, 0.15) is 0 Å². The number of hydrogen-bond donors (Lipinski definition) is 0. The SMILES string of the molecule is Cc1cc(-c2ccccc2)nc(SCc2cccc(C(F)(F)F)c2)n1. The molecule has 2 nitrogen and oxygen atoms in total. The molecule has 0 N–H and O–H groups in total. The number of hydrogen-bond acceptors (Lipinski definition) is 3. The van der Waals surface area contributed by atoms with Gasteiger partial charge in [-0.2, -0.15) is 13.2 Å². The molecular weight excluding hydrogens is 345 g/mol. The van der Waals surface area contributed by atoms with Gasteiger partial charge in [-0.25, -0.2) is 9.97 Å². The van der Waals surface area contributed by atoms with E-state index in [0.29, 0.717) is 16.5 Å². The Hall–Kier alpha value is -2.34. The van der Waals surface area contributed by atoms with E-state index < -0.39 is 11.7 Å². The lowest BCUT2D eigenvalue weighted by molar-refractivity contribution is -0.137. The van der Waals surface area contributed by atoms with Crippen molar-refractivity contribution in [1.82, 2.24) is 9.97 Å². The second-order valence-corrected chi connectivity index (χ2v) is 6.47. The van der Waals surface area contributed by atoms with Gasteiger partial charge in [0, 0.05) is 17.0 Å². The smallest absolute Gasteiger partial charge is 0.228 e. The molecule has 25 heavy (non-hydrogen) atoms. The van der Waals surface area contributed by atoms with E-state index >= 15 is 0 Å². The molecule has 1 aromatic heterocycles. The summed E-state index contributed by atoms with van der Waals surface area (Å²) in [5, 5.41) is 0.552. The summed E-state index contributed by atoms with van der Waals surface area (Å²) in [6, 6.07) is 17.0. The molecule has 0 amide bonds. The van der Waals surface area contributed by atoms with Crippen molar-refractivity contribution in [3.63, 3.8) is 0 Å². The molecule has 0 aliphatic rings. The fraction of sp³-hybridized carbons (Fsp3) is 0.158. The van der Waals surface area contributed by atoms with Gasteiger partial charge >= 0.3 is 6.18 Å². The van der Waals surface area contributed by atoms with E-state index in [1.165, 1.54) is 23.9 Å². The predicted octanol–water partition coefficient (Wildman–Crippen LogP) is 5.76. The third-order valence-electron chi connectivity index (χ3n) is 3.53. The molecule has 0 saturated carbocycles. The standard InChI is InChI=1S/C19H15F3N2S/c1-13-10-17(15-7-3-2-4-8-15)24-18(23-13)25-12-14-6-5-9-16(11-14)19(20,21)22/h2-11H,12H2,1H3. The summed E-state index contributed by atoms with van der Waals surface area (Å²) in [6.07, 6.45) is -4.33. The number of aryl methyl sites for hydroxylation is 1. The first-order valence-corrected chi connectivity index (χ1v) is 8.60. The third kappa shape index (κ3) is 4.60. The minimum Gasteiger partial charge on any atom is -0.228 e. The van der Waals surface area contributed by atoms with Crippen molar-refractivity contribution in [2.24, 2.45) is 0 Å². The number of nitrogens with zero attached hydrogens (tertiary/aromatic N) is 2. The highest BCUT2D eigenvalue weighted by molar-refractivity contribution is 7.98. The molecule has 0 radical (unpaired) electrons. The molecule has 2 aromatic carbocycles. The molecule has 0 fully saturated rings. The molecule has 0 spiro atoms. The van der Waals surface area contributed by atoms with Crippen LogP contribution in [-0.2, 0) is 11.9 Å². The van der Waals surface area contributed by atoms with E-state index in [-0.39, 0.29) is 0 Å². The summed E-state index contributed by atoms with van der Waals surface area (Å²) in [5.41, 5.74) is 2.56. The van der Waals surface area contributed by atoms with E-state index in [2.05, 4.69) is 9.97 Å². The second-order valence-electron chi connectivity index (χ2n) is 5.53. The summed E-state index contributed by atoms with van der Waals surface area (Å²) in [5.74, 6) is 0.377. The Kier molecular flexibility index (Phi) is 5.08. The third-order valence-corrected chi connectivity index (χ3v) is 4.44. The normalized spacial score (nSPS) is 11.5. The molecule has 0 saturated heterocycles. The zero-order valence-corrected chi connectivity index (χ0v) is 14.2. The molecule has 0 atom stereocenters. The first-order chi connectivity index (χ1) is 11.9. The zero-order chi connectivity index (χ0) is 17.9. The van der Waals surface area contributed by atoms with Crippen molar-refractivity contribution in [2.45, 2.75) is 24.0 Å². The minimum absolute atomic E-state index is 0.377. The molecular formula is C19H15F3N2S. The van der Waals surface area contributed by atoms with Crippen LogP contribution in [0.5, 0.6) is 0 Å². The number of thioether (sulfide) groups is 1. The molecule has 3 aromatic rings. The highest BCUT2D eigenvalue weighted by atomic mass is 32.2. The quantitative estimate of drug-likeness (QED) is 0.437. The van der Waals surface area contributed by atoms with E-state index in [4.69, 9.17) is 0 Å².